The molecule has 0 saturated carbocycles. The van der Waals surface area contributed by atoms with Gasteiger partial charge in [0.15, 0.2) is 0 Å². The fourth-order valence-corrected chi connectivity index (χ4v) is 5.58. The molecule has 0 fully saturated rings. The molecule has 3 rings (SSSR count). The number of rotatable bonds is 10. The van der Waals surface area contributed by atoms with Crippen molar-refractivity contribution in [2.45, 2.75) is 57.6 Å². The van der Waals surface area contributed by atoms with E-state index in [2.05, 4.69) is 5.32 Å². The Hall–Kier alpha value is -3.56. The quantitative estimate of drug-likeness (QED) is 0.353. The van der Waals surface area contributed by atoms with E-state index in [1.165, 1.54) is 24.1 Å². The number of nitrogens with one attached hydrogen (secondary N) is 1. The second-order valence-electron chi connectivity index (χ2n) is 10.6. The number of ether oxygens (including phenoxy) is 1. The number of halogens is 1. The molecule has 10 heteroatoms. The number of anilines is 1. The first-order valence-corrected chi connectivity index (χ1v) is 14.6. The maximum absolute atomic E-state index is 14.0. The van der Waals surface area contributed by atoms with E-state index in [-0.39, 0.29) is 28.8 Å². The molecule has 214 valence electrons. The van der Waals surface area contributed by atoms with Gasteiger partial charge in [-0.1, -0.05) is 53.6 Å². The Morgan fingerprint density at radius 1 is 0.975 bits per heavy atom. The summed E-state index contributed by atoms with van der Waals surface area (Å²) in [7, 11) is -2.76. The lowest BCUT2D eigenvalue weighted by Crippen LogP contribution is -2.54. The van der Waals surface area contributed by atoms with Crippen molar-refractivity contribution in [3.63, 3.8) is 0 Å². The van der Waals surface area contributed by atoms with Gasteiger partial charge in [0.2, 0.25) is 11.8 Å². The summed E-state index contributed by atoms with van der Waals surface area (Å²) in [6.07, 6.45) is 0. The highest BCUT2D eigenvalue weighted by atomic mass is 35.5. The fourth-order valence-electron chi connectivity index (χ4n) is 4.03. The minimum atomic E-state index is -4.20. The maximum Gasteiger partial charge on any atom is 0.264 e. The van der Waals surface area contributed by atoms with Crippen LogP contribution in [0.1, 0.15) is 38.8 Å². The number of hydrogen-bond donors (Lipinski definition) is 1. The number of carbonyl (C=O) groups excluding carboxylic acids is 2. The number of nitrogens with zero attached hydrogens (tertiary/aromatic N) is 2. The highest BCUT2D eigenvalue weighted by molar-refractivity contribution is 7.92. The number of sulfonamides is 1. The van der Waals surface area contributed by atoms with Gasteiger partial charge < -0.3 is 15.0 Å². The second kappa shape index (κ2) is 12.7. The van der Waals surface area contributed by atoms with Crippen LogP contribution >= 0.6 is 11.6 Å². The Kier molecular flexibility index (Phi) is 9.87. The lowest BCUT2D eigenvalue weighted by atomic mass is 10.1. The van der Waals surface area contributed by atoms with Crippen LogP contribution in [0, 0.1) is 6.92 Å². The summed E-state index contributed by atoms with van der Waals surface area (Å²) in [5.41, 5.74) is 1.31. The maximum atomic E-state index is 14.0. The number of benzene rings is 3. The van der Waals surface area contributed by atoms with E-state index < -0.39 is 34.1 Å². The first kappa shape index (κ1) is 31.0. The topological polar surface area (TPSA) is 96.0 Å². The van der Waals surface area contributed by atoms with Crippen molar-refractivity contribution in [2.24, 2.45) is 0 Å². The van der Waals surface area contributed by atoms with Crippen molar-refractivity contribution < 1.29 is 22.7 Å². The zero-order valence-electron chi connectivity index (χ0n) is 23.6. The van der Waals surface area contributed by atoms with Gasteiger partial charge in [-0.2, -0.15) is 0 Å². The number of para-hydroxylation sites is 2. The Balaban J connectivity index is 2.07. The molecule has 0 saturated heterocycles. The van der Waals surface area contributed by atoms with E-state index in [1.54, 1.807) is 67.6 Å². The van der Waals surface area contributed by atoms with Crippen molar-refractivity contribution in [1.82, 2.24) is 10.2 Å². The number of aryl methyl sites for hydroxylation is 1. The van der Waals surface area contributed by atoms with Crippen molar-refractivity contribution in [3.8, 4) is 5.75 Å². The van der Waals surface area contributed by atoms with Gasteiger partial charge in [0.05, 0.1) is 17.7 Å². The fraction of sp³-hybridized carbons (Fsp3) is 0.333. The van der Waals surface area contributed by atoms with E-state index in [9.17, 15) is 18.0 Å². The summed E-state index contributed by atoms with van der Waals surface area (Å²) < 4.78 is 34.4. The molecular formula is C30H36ClN3O5S. The third-order valence-electron chi connectivity index (χ3n) is 6.17. The Morgan fingerprint density at radius 2 is 1.57 bits per heavy atom. The van der Waals surface area contributed by atoms with Crippen LogP contribution in [-0.4, -0.2) is 50.4 Å². The van der Waals surface area contributed by atoms with Crippen molar-refractivity contribution in [3.05, 3.63) is 88.9 Å². The number of carbonyl (C=O) groups is 2. The summed E-state index contributed by atoms with van der Waals surface area (Å²) >= 11 is 6.05. The molecule has 0 spiro atoms. The second-order valence-corrected chi connectivity index (χ2v) is 12.9. The summed E-state index contributed by atoms with van der Waals surface area (Å²) in [6, 6.07) is 19.0. The third kappa shape index (κ3) is 7.76. The van der Waals surface area contributed by atoms with Gasteiger partial charge in [-0.15, -0.1) is 0 Å². The molecule has 3 aromatic carbocycles. The molecule has 40 heavy (non-hydrogen) atoms. The van der Waals surface area contributed by atoms with E-state index >= 15 is 0 Å². The minimum absolute atomic E-state index is 0.0274. The predicted molar refractivity (Wildman–Crippen MR) is 158 cm³/mol. The van der Waals surface area contributed by atoms with Crippen LogP contribution in [0.25, 0.3) is 0 Å². The number of hydrogen-bond acceptors (Lipinski definition) is 5. The molecule has 3 aromatic rings. The van der Waals surface area contributed by atoms with Gasteiger partial charge in [-0.25, -0.2) is 8.42 Å². The summed E-state index contributed by atoms with van der Waals surface area (Å²) in [5.74, 6) is -0.637. The minimum Gasteiger partial charge on any atom is -0.495 e. The summed E-state index contributed by atoms with van der Waals surface area (Å²) in [5, 5.41) is 3.44. The van der Waals surface area contributed by atoms with E-state index in [1.807, 2.05) is 27.7 Å². The van der Waals surface area contributed by atoms with E-state index in [0.29, 0.717) is 5.02 Å². The molecule has 0 bridgehead atoms. The molecule has 2 amide bonds. The summed E-state index contributed by atoms with van der Waals surface area (Å²) in [4.78, 5) is 28.6. The van der Waals surface area contributed by atoms with Crippen LogP contribution in [0.5, 0.6) is 5.75 Å². The van der Waals surface area contributed by atoms with E-state index in [4.69, 9.17) is 16.3 Å². The first-order chi connectivity index (χ1) is 18.7. The number of methoxy groups -OCH3 is 1. The SMILES string of the molecule is COc1ccccc1N(CC(=O)N(Cc1ccc(Cl)cc1)[C@H](C)C(=O)NC(C)(C)C)S(=O)(=O)c1ccc(C)cc1. The molecule has 0 unspecified atom stereocenters. The standard InChI is InChI=1S/C30H36ClN3O5S/c1-21-11-17-25(18-12-21)40(37,38)34(26-9-7-8-10-27(26)39-6)20-28(35)33(19-23-13-15-24(31)16-14-23)22(2)29(36)32-30(3,4)5/h7-18,22H,19-20H2,1-6H3,(H,32,36)/t22-/m1/s1. The molecule has 0 aliphatic carbocycles. The van der Waals surface area contributed by atoms with Crippen molar-refractivity contribution >= 4 is 39.1 Å². The Bertz CT molecular complexity index is 1440. The largest absolute Gasteiger partial charge is 0.495 e. The van der Waals surface area contributed by atoms with Crippen molar-refractivity contribution in [1.29, 1.82) is 0 Å². The highest BCUT2D eigenvalue weighted by Gasteiger charge is 2.34. The molecule has 0 radical (unpaired) electrons. The zero-order valence-corrected chi connectivity index (χ0v) is 25.2. The highest BCUT2D eigenvalue weighted by Crippen LogP contribution is 2.32. The lowest BCUT2D eigenvalue weighted by Gasteiger charge is -2.33. The molecule has 0 aromatic heterocycles. The van der Waals surface area contributed by atoms with Crippen LogP contribution in [0.3, 0.4) is 0 Å². The molecule has 0 aliphatic rings. The van der Waals surface area contributed by atoms with Crippen LogP contribution in [0.15, 0.2) is 77.7 Å². The van der Waals surface area contributed by atoms with Crippen molar-refractivity contribution in [2.75, 3.05) is 18.0 Å². The normalized spacial score (nSPS) is 12.4. The molecule has 8 nitrogen and oxygen atoms in total. The van der Waals surface area contributed by atoms with Gasteiger partial charge >= 0.3 is 0 Å². The molecule has 1 N–H and O–H groups in total. The first-order valence-electron chi connectivity index (χ1n) is 12.8. The third-order valence-corrected chi connectivity index (χ3v) is 8.20. The van der Waals surface area contributed by atoms with E-state index in [0.717, 1.165) is 15.4 Å². The average Bonchev–Trinajstić information content (AvgIpc) is 2.90. The average molecular weight is 586 g/mol. The van der Waals surface area contributed by atoms with Crippen LogP contribution in [-0.2, 0) is 26.2 Å². The van der Waals surface area contributed by atoms with Gasteiger partial charge in [0.25, 0.3) is 10.0 Å². The zero-order chi connectivity index (χ0) is 29.7. The Labute approximate surface area is 241 Å². The molecule has 0 heterocycles. The number of amides is 2. The monoisotopic (exact) mass is 585 g/mol. The molecule has 1 atom stereocenters. The molecule has 0 aliphatic heterocycles. The van der Waals surface area contributed by atoms with Crippen LogP contribution in [0.4, 0.5) is 5.69 Å². The summed E-state index contributed by atoms with van der Waals surface area (Å²) in [6.45, 7) is 8.53. The lowest BCUT2D eigenvalue weighted by molar-refractivity contribution is -0.140. The predicted octanol–water partition coefficient (Wildman–Crippen LogP) is 5.18. The Morgan fingerprint density at radius 3 is 2.15 bits per heavy atom. The van der Waals surface area contributed by atoms with Gasteiger partial charge in [0.1, 0.15) is 18.3 Å². The van der Waals surface area contributed by atoms with Crippen LogP contribution < -0.4 is 14.4 Å². The molecular weight excluding hydrogens is 550 g/mol. The smallest absolute Gasteiger partial charge is 0.264 e. The van der Waals surface area contributed by atoms with Crippen LogP contribution in [0.2, 0.25) is 5.02 Å². The van der Waals surface area contributed by atoms with Gasteiger partial charge in [-0.05, 0) is 76.6 Å². The van der Waals surface area contributed by atoms with Gasteiger partial charge in [-0.3, -0.25) is 13.9 Å². The van der Waals surface area contributed by atoms with Gasteiger partial charge in [0, 0.05) is 17.1 Å².